The van der Waals surface area contributed by atoms with E-state index in [-0.39, 0.29) is 29.2 Å². The van der Waals surface area contributed by atoms with E-state index in [1.165, 1.54) is 0 Å². The van der Waals surface area contributed by atoms with E-state index < -0.39 is 11.7 Å². The van der Waals surface area contributed by atoms with Crippen molar-refractivity contribution in [2.75, 3.05) is 0 Å². The second kappa shape index (κ2) is 9.83. The summed E-state index contributed by atoms with van der Waals surface area (Å²) in [7, 11) is 0. The Hall–Kier alpha value is -3.06. The highest BCUT2D eigenvalue weighted by molar-refractivity contribution is 6.30. The number of rotatable bonds is 6. The minimum atomic E-state index is -4.56. The van der Waals surface area contributed by atoms with Crippen molar-refractivity contribution in [3.8, 4) is 11.5 Å². The lowest BCUT2D eigenvalue weighted by Gasteiger charge is -2.19. The number of hydrogen-bond acceptors (Lipinski definition) is 4. The van der Waals surface area contributed by atoms with Gasteiger partial charge in [0.25, 0.3) is 0 Å². The van der Waals surface area contributed by atoms with Crippen molar-refractivity contribution < 1.29 is 22.7 Å². The van der Waals surface area contributed by atoms with Crippen LogP contribution in [0, 0.1) is 0 Å². The molecule has 0 N–H and O–H groups in total. The van der Waals surface area contributed by atoms with E-state index in [0.717, 1.165) is 23.4 Å². The Labute approximate surface area is 196 Å². The van der Waals surface area contributed by atoms with Crippen LogP contribution in [0.2, 0.25) is 5.02 Å². The monoisotopic (exact) mass is 476 g/mol. The molecular formula is C25H24ClF3N2O2. The SMILES string of the molecule is CC(=NOCc1ccc(Cl)cc1)c1ncc(C(F)(F)F)cc1Oc1ccc(C(C)(C)C)cc1. The van der Waals surface area contributed by atoms with Crippen LogP contribution in [0.4, 0.5) is 13.2 Å². The quantitative estimate of drug-likeness (QED) is 0.269. The molecule has 0 aliphatic carbocycles. The zero-order valence-corrected chi connectivity index (χ0v) is 19.5. The lowest BCUT2D eigenvalue weighted by molar-refractivity contribution is -0.137. The van der Waals surface area contributed by atoms with Crippen molar-refractivity contribution in [2.45, 2.75) is 45.9 Å². The first kappa shape index (κ1) is 24.6. The van der Waals surface area contributed by atoms with Crippen LogP contribution in [0.5, 0.6) is 11.5 Å². The van der Waals surface area contributed by atoms with E-state index in [4.69, 9.17) is 21.2 Å². The third kappa shape index (κ3) is 6.71. The Balaban J connectivity index is 1.86. The minimum absolute atomic E-state index is 0.0634. The number of pyridine rings is 1. The van der Waals surface area contributed by atoms with Gasteiger partial charge in [0, 0.05) is 11.2 Å². The highest BCUT2D eigenvalue weighted by Crippen LogP contribution is 2.34. The molecular weight excluding hydrogens is 453 g/mol. The molecule has 0 atom stereocenters. The first-order valence-corrected chi connectivity index (χ1v) is 10.6. The fourth-order valence-corrected chi connectivity index (χ4v) is 3.05. The summed E-state index contributed by atoms with van der Waals surface area (Å²) in [5.74, 6) is 0.324. The Kier molecular flexibility index (Phi) is 7.32. The molecule has 174 valence electrons. The molecule has 4 nitrogen and oxygen atoms in total. The molecule has 0 radical (unpaired) electrons. The van der Waals surface area contributed by atoms with Crippen molar-refractivity contribution >= 4 is 17.3 Å². The molecule has 0 aliphatic heterocycles. The van der Waals surface area contributed by atoms with Crippen LogP contribution in [0.25, 0.3) is 0 Å². The number of oxime groups is 1. The van der Waals surface area contributed by atoms with Gasteiger partial charge in [0.15, 0.2) is 5.75 Å². The van der Waals surface area contributed by atoms with E-state index in [1.807, 2.05) is 12.1 Å². The van der Waals surface area contributed by atoms with Gasteiger partial charge in [-0.1, -0.05) is 61.8 Å². The smallest absolute Gasteiger partial charge is 0.418 e. The van der Waals surface area contributed by atoms with E-state index in [1.54, 1.807) is 43.3 Å². The molecule has 0 spiro atoms. The van der Waals surface area contributed by atoms with Crippen LogP contribution in [0.15, 0.2) is 65.9 Å². The summed E-state index contributed by atoms with van der Waals surface area (Å²) in [5, 5.41) is 4.61. The van der Waals surface area contributed by atoms with Gasteiger partial charge in [-0.15, -0.1) is 0 Å². The summed E-state index contributed by atoms with van der Waals surface area (Å²) in [6, 6.07) is 15.1. The standard InChI is InChI=1S/C25H24ClF3N2O2/c1-16(31-32-15-17-5-9-20(26)10-6-17)23-22(13-19(14-30-23)25(27,28)29)33-21-11-7-18(8-12-21)24(2,3)4/h5-14H,15H2,1-4H3. The third-order valence-electron chi connectivity index (χ3n) is 4.82. The van der Waals surface area contributed by atoms with Crippen molar-refractivity contribution in [3.63, 3.8) is 0 Å². The summed E-state index contributed by atoms with van der Waals surface area (Å²) in [4.78, 5) is 9.32. The summed E-state index contributed by atoms with van der Waals surface area (Å²) in [6.07, 6.45) is -3.81. The third-order valence-corrected chi connectivity index (χ3v) is 5.07. The number of ether oxygens (including phenoxy) is 1. The lowest BCUT2D eigenvalue weighted by Crippen LogP contribution is -2.11. The maximum atomic E-state index is 13.3. The Morgan fingerprint density at radius 2 is 1.61 bits per heavy atom. The number of hydrogen-bond donors (Lipinski definition) is 0. The molecule has 3 aromatic rings. The lowest BCUT2D eigenvalue weighted by atomic mass is 9.87. The van der Waals surface area contributed by atoms with Gasteiger partial charge in [-0.3, -0.25) is 4.98 Å². The van der Waals surface area contributed by atoms with Crippen LogP contribution in [0.1, 0.15) is 50.1 Å². The number of aromatic nitrogens is 1. The van der Waals surface area contributed by atoms with E-state index in [2.05, 4.69) is 30.9 Å². The fourth-order valence-electron chi connectivity index (χ4n) is 2.93. The molecule has 0 bridgehead atoms. The predicted octanol–water partition coefficient (Wildman–Crippen LogP) is 7.78. The molecule has 0 saturated heterocycles. The second-order valence-electron chi connectivity index (χ2n) is 8.52. The highest BCUT2D eigenvalue weighted by Gasteiger charge is 2.32. The van der Waals surface area contributed by atoms with Gasteiger partial charge in [0.2, 0.25) is 0 Å². The van der Waals surface area contributed by atoms with Crippen molar-refractivity contribution in [2.24, 2.45) is 5.16 Å². The van der Waals surface area contributed by atoms with Gasteiger partial charge in [0.05, 0.1) is 5.56 Å². The van der Waals surface area contributed by atoms with E-state index in [9.17, 15) is 13.2 Å². The molecule has 1 heterocycles. The highest BCUT2D eigenvalue weighted by atomic mass is 35.5. The van der Waals surface area contributed by atoms with Crippen molar-refractivity contribution in [1.29, 1.82) is 0 Å². The molecule has 0 amide bonds. The molecule has 0 fully saturated rings. The maximum absolute atomic E-state index is 13.3. The van der Waals surface area contributed by atoms with Crippen molar-refractivity contribution in [3.05, 3.63) is 88.2 Å². The molecule has 3 rings (SSSR count). The maximum Gasteiger partial charge on any atom is 0.418 e. The largest absolute Gasteiger partial charge is 0.455 e. The molecule has 1 aromatic heterocycles. The van der Waals surface area contributed by atoms with Gasteiger partial charge in [-0.25, -0.2) is 0 Å². The summed E-state index contributed by atoms with van der Waals surface area (Å²) < 4.78 is 45.6. The van der Waals surface area contributed by atoms with Gasteiger partial charge in [-0.2, -0.15) is 13.2 Å². The van der Waals surface area contributed by atoms with E-state index in [0.29, 0.717) is 10.8 Å². The van der Waals surface area contributed by atoms with Crippen LogP contribution >= 0.6 is 11.6 Å². The van der Waals surface area contributed by atoms with Crippen molar-refractivity contribution in [1.82, 2.24) is 4.98 Å². The average molecular weight is 477 g/mol. The van der Waals surface area contributed by atoms with Gasteiger partial charge in [-0.05, 0) is 53.8 Å². The number of alkyl halides is 3. The summed E-state index contributed by atoms with van der Waals surface area (Å²) in [6.45, 7) is 7.97. The number of benzene rings is 2. The topological polar surface area (TPSA) is 43.7 Å². The minimum Gasteiger partial charge on any atom is -0.455 e. The first-order chi connectivity index (χ1) is 15.4. The normalized spacial score (nSPS) is 12.5. The van der Waals surface area contributed by atoms with Gasteiger partial charge < -0.3 is 9.57 Å². The van der Waals surface area contributed by atoms with Crippen LogP contribution in [0.3, 0.4) is 0 Å². The number of nitrogens with zero attached hydrogens (tertiary/aromatic N) is 2. The zero-order chi connectivity index (χ0) is 24.2. The first-order valence-electron chi connectivity index (χ1n) is 10.2. The van der Waals surface area contributed by atoms with Crippen LogP contribution in [-0.2, 0) is 23.0 Å². The second-order valence-corrected chi connectivity index (χ2v) is 8.96. The van der Waals surface area contributed by atoms with Crippen LogP contribution in [-0.4, -0.2) is 10.7 Å². The van der Waals surface area contributed by atoms with Gasteiger partial charge in [0.1, 0.15) is 23.8 Å². The molecule has 0 unspecified atom stereocenters. The zero-order valence-electron chi connectivity index (χ0n) is 18.7. The number of halogens is 4. The van der Waals surface area contributed by atoms with Crippen LogP contribution < -0.4 is 4.74 Å². The molecule has 2 aromatic carbocycles. The Bertz CT molecular complexity index is 1120. The van der Waals surface area contributed by atoms with Gasteiger partial charge >= 0.3 is 6.18 Å². The molecule has 33 heavy (non-hydrogen) atoms. The summed E-state index contributed by atoms with van der Waals surface area (Å²) >= 11 is 5.87. The average Bonchev–Trinajstić information content (AvgIpc) is 2.74. The Morgan fingerprint density at radius 3 is 2.18 bits per heavy atom. The fraction of sp³-hybridized carbons (Fsp3) is 0.280. The summed E-state index contributed by atoms with van der Waals surface area (Å²) in [5.41, 5.74) is 1.37. The van der Waals surface area contributed by atoms with E-state index >= 15 is 0 Å². The Morgan fingerprint density at radius 1 is 0.970 bits per heavy atom. The molecule has 0 aliphatic rings. The molecule has 0 saturated carbocycles. The predicted molar refractivity (Wildman–Crippen MR) is 123 cm³/mol. The molecule has 8 heteroatoms.